The lowest BCUT2D eigenvalue weighted by molar-refractivity contribution is 0.318. The van der Waals surface area contributed by atoms with Gasteiger partial charge in [-0.2, -0.15) is 0 Å². The summed E-state index contributed by atoms with van der Waals surface area (Å²) in [4.78, 5) is 2.34. The summed E-state index contributed by atoms with van der Waals surface area (Å²) in [5, 5.41) is 12.1. The molecule has 1 fully saturated rings. The van der Waals surface area contributed by atoms with Crippen molar-refractivity contribution in [3.8, 4) is 0 Å². The second-order valence-electron chi connectivity index (χ2n) is 5.37. The van der Waals surface area contributed by atoms with E-state index in [4.69, 9.17) is 10.9 Å². The Kier molecular flexibility index (Phi) is 5.29. The number of hydrogen-bond acceptors (Lipinski definition) is 3. The zero-order valence-electron chi connectivity index (χ0n) is 11.8. The molecular formula is C15H22BrN3O. The van der Waals surface area contributed by atoms with Crippen LogP contribution in [-0.2, 0) is 0 Å². The Bertz CT molecular complexity index is 482. The Balaban J connectivity index is 2.17. The number of rotatable bonds is 4. The molecule has 0 atom stereocenters. The monoisotopic (exact) mass is 339 g/mol. The Hall–Kier alpha value is -1.23. The van der Waals surface area contributed by atoms with Crippen LogP contribution in [0.3, 0.4) is 0 Å². The van der Waals surface area contributed by atoms with Crippen molar-refractivity contribution in [1.29, 1.82) is 0 Å². The van der Waals surface area contributed by atoms with Crippen molar-refractivity contribution in [3.05, 3.63) is 28.2 Å². The van der Waals surface area contributed by atoms with Gasteiger partial charge in [0.25, 0.3) is 0 Å². The van der Waals surface area contributed by atoms with Gasteiger partial charge in [0.2, 0.25) is 0 Å². The molecule has 1 saturated heterocycles. The zero-order valence-corrected chi connectivity index (χ0v) is 13.4. The van der Waals surface area contributed by atoms with E-state index < -0.39 is 0 Å². The van der Waals surface area contributed by atoms with E-state index in [9.17, 15) is 0 Å². The second kappa shape index (κ2) is 6.97. The van der Waals surface area contributed by atoms with Crippen LogP contribution in [0.2, 0.25) is 0 Å². The molecule has 2 rings (SSSR count). The fraction of sp³-hybridized carbons (Fsp3) is 0.533. The van der Waals surface area contributed by atoms with Crippen LogP contribution >= 0.6 is 15.9 Å². The van der Waals surface area contributed by atoms with E-state index in [1.54, 1.807) is 0 Å². The molecular weight excluding hydrogens is 318 g/mol. The number of piperidine rings is 1. The first-order chi connectivity index (χ1) is 9.65. The van der Waals surface area contributed by atoms with E-state index in [1.165, 1.54) is 25.7 Å². The van der Waals surface area contributed by atoms with Crippen molar-refractivity contribution < 1.29 is 5.21 Å². The van der Waals surface area contributed by atoms with Crippen LogP contribution in [0.25, 0.3) is 0 Å². The van der Waals surface area contributed by atoms with E-state index >= 15 is 0 Å². The number of amidine groups is 1. The molecule has 0 unspecified atom stereocenters. The molecule has 1 aliphatic rings. The average molecular weight is 340 g/mol. The molecule has 4 nitrogen and oxygen atoms in total. The van der Waals surface area contributed by atoms with Crippen molar-refractivity contribution in [2.24, 2.45) is 16.8 Å². The van der Waals surface area contributed by atoms with Gasteiger partial charge in [-0.15, -0.1) is 0 Å². The number of oxime groups is 1. The minimum Gasteiger partial charge on any atom is -0.409 e. The number of nitrogens with zero attached hydrogens (tertiary/aromatic N) is 2. The van der Waals surface area contributed by atoms with Crippen LogP contribution in [0.5, 0.6) is 0 Å². The second-order valence-corrected chi connectivity index (χ2v) is 6.28. The van der Waals surface area contributed by atoms with Gasteiger partial charge in [-0.1, -0.05) is 40.9 Å². The normalized spacial score (nSPS) is 17.5. The average Bonchev–Trinajstić information content (AvgIpc) is 2.47. The van der Waals surface area contributed by atoms with E-state index in [0.29, 0.717) is 0 Å². The minimum atomic E-state index is 0.164. The predicted octanol–water partition coefficient (Wildman–Crippen LogP) is 3.56. The number of hydrogen-bond donors (Lipinski definition) is 2. The first-order valence-corrected chi connectivity index (χ1v) is 7.97. The highest BCUT2D eigenvalue weighted by atomic mass is 79.9. The number of benzene rings is 1. The SMILES string of the molecule is CCCC1CCN(c2ccc(Br)cc2/C(N)=N/O)CC1. The summed E-state index contributed by atoms with van der Waals surface area (Å²) in [5.74, 6) is 1.01. The van der Waals surface area contributed by atoms with E-state index in [1.807, 2.05) is 18.2 Å². The van der Waals surface area contributed by atoms with Gasteiger partial charge in [0.05, 0.1) is 0 Å². The third-order valence-corrected chi connectivity index (χ3v) is 4.49. The van der Waals surface area contributed by atoms with Gasteiger partial charge in [-0.3, -0.25) is 0 Å². The van der Waals surface area contributed by atoms with E-state index in [2.05, 4.69) is 32.9 Å². The Morgan fingerprint density at radius 2 is 2.15 bits per heavy atom. The van der Waals surface area contributed by atoms with Gasteiger partial charge in [-0.25, -0.2) is 0 Å². The molecule has 0 radical (unpaired) electrons. The van der Waals surface area contributed by atoms with Gasteiger partial charge >= 0.3 is 0 Å². The summed E-state index contributed by atoms with van der Waals surface area (Å²) in [6, 6.07) is 5.95. The maximum absolute atomic E-state index is 8.94. The zero-order chi connectivity index (χ0) is 14.5. The number of halogens is 1. The van der Waals surface area contributed by atoms with Gasteiger partial charge in [-0.05, 0) is 37.0 Å². The molecule has 3 N–H and O–H groups in total. The van der Waals surface area contributed by atoms with Crippen molar-refractivity contribution in [3.63, 3.8) is 0 Å². The molecule has 1 aliphatic heterocycles. The summed E-state index contributed by atoms with van der Waals surface area (Å²) in [5.41, 5.74) is 7.64. The lowest BCUT2D eigenvalue weighted by Gasteiger charge is -2.34. The molecule has 20 heavy (non-hydrogen) atoms. The highest BCUT2D eigenvalue weighted by molar-refractivity contribution is 9.10. The lowest BCUT2D eigenvalue weighted by Crippen LogP contribution is -2.35. The van der Waals surface area contributed by atoms with E-state index in [0.717, 1.165) is 34.7 Å². The smallest absolute Gasteiger partial charge is 0.172 e. The third-order valence-electron chi connectivity index (χ3n) is 3.99. The molecule has 5 heteroatoms. The minimum absolute atomic E-state index is 0.164. The highest BCUT2D eigenvalue weighted by Crippen LogP contribution is 2.30. The highest BCUT2D eigenvalue weighted by Gasteiger charge is 2.21. The fourth-order valence-electron chi connectivity index (χ4n) is 2.91. The molecule has 1 aromatic carbocycles. The van der Waals surface area contributed by atoms with Crippen molar-refractivity contribution in [2.45, 2.75) is 32.6 Å². The van der Waals surface area contributed by atoms with Gasteiger partial charge < -0.3 is 15.8 Å². The molecule has 0 spiro atoms. The van der Waals surface area contributed by atoms with Crippen LogP contribution in [0.4, 0.5) is 5.69 Å². The molecule has 1 heterocycles. The van der Waals surface area contributed by atoms with Crippen LogP contribution in [0.1, 0.15) is 38.2 Å². The van der Waals surface area contributed by atoms with Crippen LogP contribution in [-0.4, -0.2) is 24.1 Å². The molecule has 0 amide bonds. The summed E-state index contributed by atoms with van der Waals surface area (Å²) < 4.78 is 0.934. The predicted molar refractivity (Wildman–Crippen MR) is 86.5 cm³/mol. The standard InChI is InChI=1S/C15H22BrN3O/c1-2-3-11-6-8-19(9-7-11)14-5-4-12(16)10-13(14)15(17)18-20/h4-5,10-11,20H,2-3,6-9H2,1H3,(H2,17,18). The fourth-order valence-corrected chi connectivity index (χ4v) is 3.27. The molecule has 1 aromatic rings. The summed E-state index contributed by atoms with van der Waals surface area (Å²) in [7, 11) is 0. The quantitative estimate of drug-likeness (QED) is 0.381. The Labute approximate surface area is 128 Å². The van der Waals surface area contributed by atoms with Gasteiger partial charge in [0.15, 0.2) is 5.84 Å². The van der Waals surface area contributed by atoms with Crippen LogP contribution in [0.15, 0.2) is 27.8 Å². The van der Waals surface area contributed by atoms with Gasteiger partial charge in [0.1, 0.15) is 0 Å². The topological polar surface area (TPSA) is 61.8 Å². The molecule has 0 aliphatic carbocycles. The Morgan fingerprint density at radius 1 is 1.45 bits per heavy atom. The first-order valence-electron chi connectivity index (χ1n) is 7.18. The first kappa shape index (κ1) is 15.2. The Morgan fingerprint density at radius 3 is 2.75 bits per heavy atom. The maximum Gasteiger partial charge on any atom is 0.172 e. The van der Waals surface area contributed by atoms with Crippen molar-refractivity contribution >= 4 is 27.5 Å². The van der Waals surface area contributed by atoms with Crippen molar-refractivity contribution in [1.82, 2.24) is 0 Å². The molecule has 0 aromatic heterocycles. The summed E-state index contributed by atoms with van der Waals surface area (Å²) in [6.07, 6.45) is 5.03. The van der Waals surface area contributed by atoms with Crippen LogP contribution < -0.4 is 10.6 Å². The van der Waals surface area contributed by atoms with Gasteiger partial charge in [0, 0.05) is 28.8 Å². The lowest BCUT2D eigenvalue weighted by atomic mass is 9.92. The molecule has 0 saturated carbocycles. The number of nitrogens with two attached hydrogens (primary N) is 1. The maximum atomic E-state index is 8.94. The van der Waals surface area contributed by atoms with Crippen LogP contribution in [0, 0.1) is 5.92 Å². The largest absolute Gasteiger partial charge is 0.409 e. The molecule has 0 bridgehead atoms. The number of anilines is 1. The van der Waals surface area contributed by atoms with E-state index in [-0.39, 0.29) is 5.84 Å². The molecule has 110 valence electrons. The van der Waals surface area contributed by atoms with Crippen molar-refractivity contribution in [2.75, 3.05) is 18.0 Å². The summed E-state index contributed by atoms with van der Waals surface area (Å²) in [6.45, 7) is 4.33. The summed E-state index contributed by atoms with van der Waals surface area (Å²) >= 11 is 3.44. The third kappa shape index (κ3) is 3.45.